The number of carbonyl (C=O) groups excluding carboxylic acids is 7. The van der Waals surface area contributed by atoms with Gasteiger partial charge in [0.2, 0.25) is 5.91 Å². The van der Waals surface area contributed by atoms with Gasteiger partial charge in [0.1, 0.15) is 42.4 Å². The number of nitrogens with two attached hydrogens (primary N) is 2. The van der Waals surface area contributed by atoms with E-state index in [9.17, 15) is 48.3 Å². The summed E-state index contributed by atoms with van der Waals surface area (Å²) in [7, 11) is 0. The number of hydrogen-bond acceptors (Lipinski definition) is 13. The minimum absolute atomic E-state index is 0. The first-order valence-corrected chi connectivity index (χ1v) is 15.7. The van der Waals surface area contributed by atoms with Crippen LogP contribution in [0.4, 0.5) is 20.1 Å². The van der Waals surface area contributed by atoms with Crippen LogP contribution in [0.3, 0.4) is 0 Å². The first-order chi connectivity index (χ1) is 23.6. The van der Waals surface area contributed by atoms with Gasteiger partial charge in [-0.1, -0.05) is 12.1 Å². The number of ether oxygens (including phenoxy) is 2. The summed E-state index contributed by atoms with van der Waals surface area (Å²) in [5, 5.41) is 24.9. The van der Waals surface area contributed by atoms with Gasteiger partial charge in [-0.3, -0.25) is 39.1 Å². The zero-order valence-corrected chi connectivity index (χ0v) is 27.0. The molecule has 2 fully saturated rings. The van der Waals surface area contributed by atoms with Gasteiger partial charge in [0.15, 0.2) is 0 Å². The van der Waals surface area contributed by atoms with Gasteiger partial charge in [0.25, 0.3) is 5.91 Å². The fourth-order valence-corrected chi connectivity index (χ4v) is 6.34. The van der Waals surface area contributed by atoms with E-state index in [-0.39, 0.29) is 71.8 Å². The molecule has 3 heterocycles. The standard InChI is InChI=1S/C28H32N8O13S.Na.H/c1-2-34-7-8-35(22(40)21(34)39)27(46)33-16(12-3-5-14(6-4-12)31-28(47)49-10-15(29)24(41)42)19(37)32-17-20(38)36-18(25(43)44)13(9-48-26(30)45)11-50-23(17)36;;/h3-6,15-17,23H,2,7-11,29H2,1H3,(H2,30,45)(H,31,47)(H,32,37)(H,33,46)(H,41,42)(H,43,44);;/t15-,16+,17-,23-;;/m1../s1. The van der Waals surface area contributed by atoms with Crippen LogP contribution in [0, 0.1) is 0 Å². The van der Waals surface area contributed by atoms with Gasteiger partial charge in [-0.05, 0) is 24.6 Å². The summed E-state index contributed by atoms with van der Waals surface area (Å²) in [6, 6.07) is -0.161. The van der Waals surface area contributed by atoms with E-state index in [1.165, 1.54) is 29.2 Å². The molecule has 0 aromatic heterocycles. The number of likely N-dealkylation sites (N-methyl/N-ethyl adjacent to an activating group) is 1. The predicted octanol–water partition coefficient (Wildman–Crippen LogP) is -2.73. The zero-order chi connectivity index (χ0) is 36.9. The number of anilines is 1. The summed E-state index contributed by atoms with van der Waals surface area (Å²) in [4.78, 5) is 114. The predicted molar refractivity (Wildman–Crippen MR) is 175 cm³/mol. The van der Waals surface area contributed by atoms with Gasteiger partial charge in [0, 0.05) is 36.6 Å². The molecule has 0 unspecified atom stereocenters. The Balaban J connectivity index is 0.00000702. The van der Waals surface area contributed by atoms with Gasteiger partial charge in [-0.15, -0.1) is 11.8 Å². The number of carboxylic acids is 2. The van der Waals surface area contributed by atoms with Crippen LogP contribution in [0.5, 0.6) is 0 Å². The number of amides is 8. The van der Waals surface area contributed by atoms with Crippen molar-refractivity contribution >= 4 is 101 Å². The number of piperazine rings is 1. The molecule has 4 rings (SSSR count). The second-order valence-electron chi connectivity index (χ2n) is 10.8. The van der Waals surface area contributed by atoms with Crippen molar-refractivity contribution in [3.8, 4) is 0 Å². The second kappa shape index (κ2) is 17.4. The van der Waals surface area contributed by atoms with Crippen LogP contribution in [0.2, 0.25) is 0 Å². The molecular weight excluding hydrogens is 711 g/mol. The summed E-state index contributed by atoms with van der Waals surface area (Å²) < 4.78 is 9.46. The molecule has 9 N–H and O–H groups in total. The maximum absolute atomic E-state index is 13.7. The summed E-state index contributed by atoms with van der Waals surface area (Å²) in [6.45, 7) is 0.673. The number of carboxylic acid groups (broad SMARTS) is 2. The molecule has 1 aromatic carbocycles. The molecule has 3 aliphatic rings. The van der Waals surface area contributed by atoms with Gasteiger partial charge >= 0.3 is 71.5 Å². The third kappa shape index (κ3) is 9.26. The fraction of sp³-hybridized carbons (Fsp3) is 0.393. The van der Waals surface area contributed by atoms with E-state index in [0.717, 1.165) is 16.7 Å². The van der Waals surface area contributed by atoms with Crippen molar-refractivity contribution in [1.29, 1.82) is 0 Å². The normalized spacial score (nSPS) is 19.4. The summed E-state index contributed by atoms with van der Waals surface area (Å²) in [5.41, 5.74) is 10.2. The number of β-lactam (4-membered cyclic amide) rings is 1. The molecule has 8 amide bonds. The van der Waals surface area contributed by atoms with Crippen LogP contribution in [0.25, 0.3) is 0 Å². The SMILES string of the molecule is CCN1CCN(C(=O)N[C@H](C(=O)N[C@@H]2C(=O)N3C(C(=O)O)=C(COC(N)=O)CS[C@H]23)c2ccc(NC(=O)OC[C@@H](N)C(=O)O)cc2)C(=O)C1=O.[NaH]. The van der Waals surface area contributed by atoms with Crippen molar-refractivity contribution in [3.63, 3.8) is 0 Å². The van der Waals surface area contributed by atoms with Crippen molar-refractivity contribution in [2.75, 3.05) is 43.9 Å². The molecule has 23 heteroatoms. The number of primary amides is 1. The quantitative estimate of drug-likeness (QED) is 0.0649. The Labute approximate surface area is 314 Å². The minimum atomic E-state index is -1.59. The number of thioether (sulfide) groups is 1. The number of benzene rings is 1. The molecule has 4 atom stereocenters. The summed E-state index contributed by atoms with van der Waals surface area (Å²) >= 11 is 1.07. The number of urea groups is 1. The van der Waals surface area contributed by atoms with Crippen molar-refractivity contribution < 1.29 is 62.8 Å². The average molecular weight is 745 g/mol. The van der Waals surface area contributed by atoms with Crippen LogP contribution in [0.15, 0.2) is 35.5 Å². The monoisotopic (exact) mass is 744 g/mol. The van der Waals surface area contributed by atoms with E-state index >= 15 is 0 Å². The topological polar surface area (TPSA) is 310 Å². The summed E-state index contributed by atoms with van der Waals surface area (Å²) in [5.74, 6) is -6.66. The van der Waals surface area contributed by atoms with Crippen molar-refractivity contribution in [1.82, 2.24) is 25.3 Å². The molecule has 2 saturated heterocycles. The average Bonchev–Trinajstić information content (AvgIpc) is 3.08. The van der Waals surface area contributed by atoms with E-state index < -0.39 is 96.2 Å². The first kappa shape index (κ1) is 40.5. The van der Waals surface area contributed by atoms with Crippen molar-refractivity contribution in [2.24, 2.45) is 11.5 Å². The molecule has 0 saturated carbocycles. The Hall–Kier alpha value is -4.90. The fourth-order valence-electron chi connectivity index (χ4n) is 5.01. The number of nitrogens with one attached hydrogen (secondary N) is 3. The Bertz CT molecular complexity index is 1660. The third-order valence-corrected chi connectivity index (χ3v) is 8.94. The number of nitrogens with zero attached hydrogens (tertiary/aromatic N) is 3. The van der Waals surface area contributed by atoms with E-state index in [2.05, 4.69) is 16.0 Å². The third-order valence-electron chi connectivity index (χ3n) is 7.60. The number of carbonyl (C=O) groups is 9. The molecule has 3 aliphatic heterocycles. The number of aliphatic carboxylic acids is 2. The number of imide groups is 1. The van der Waals surface area contributed by atoms with Gasteiger partial charge in [-0.25, -0.2) is 19.2 Å². The van der Waals surface area contributed by atoms with E-state index in [1.54, 1.807) is 6.92 Å². The van der Waals surface area contributed by atoms with Crippen molar-refractivity contribution in [2.45, 2.75) is 30.4 Å². The van der Waals surface area contributed by atoms with Crippen LogP contribution in [-0.2, 0) is 38.2 Å². The Morgan fingerprint density at radius 1 is 1.02 bits per heavy atom. The Morgan fingerprint density at radius 3 is 2.27 bits per heavy atom. The first-order valence-electron chi connectivity index (χ1n) is 14.7. The van der Waals surface area contributed by atoms with Crippen LogP contribution >= 0.6 is 11.8 Å². The zero-order valence-electron chi connectivity index (χ0n) is 26.2. The number of hydrogen-bond donors (Lipinski definition) is 7. The number of rotatable bonds is 12. The van der Waals surface area contributed by atoms with Crippen molar-refractivity contribution in [3.05, 3.63) is 41.1 Å². The van der Waals surface area contributed by atoms with E-state index in [0.29, 0.717) is 4.90 Å². The van der Waals surface area contributed by atoms with E-state index in [1.807, 2.05) is 0 Å². The van der Waals surface area contributed by atoms with Gasteiger partial charge < -0.3 is 46.7 Å². The van der Waals surface area contributed by atoms with Crippen LogP contribution in [0.1, 0.15) is 18.5 Å². The van der Waals surface area contributed by atoms with Gasteiger partial charge in [-0.2, -0.15) is 0 Å². The summed E-state index contributed by atoms with van der Waals surface area (Å²) in [6.07, 6.45) is -2.19. The molecule has 0 aliphatic carbocycles. The molecule has 21 nitrogen and oxygen atoms in total. The molecule has 1 aromatic rings. The molecule has 270 valence electrons. The van der Waals surface area contributed by atoms with Gasteiger partial charge in [0.05, 0.1) is 0 Å². The van der Waals surface area contributed by atoms with E-state index in [4.69, 9.17) is 26.0 Å². The van der Waals surface area contributed by atoms with Crippen LogP contribution in [-0.4, -0.2) is 164 Å². The molecule has 0 bridgehead atoms. The second-order valence-corrected chi connectivity index (χ2v) is 11.9. The van der Waals surface area contributed by atoms with Crippen LogP contribution < -0.4 is 27.4 Å². The Kier molecular flexibility index (Phi) is 13.8. The molecule has 0 radical (unpaired) electrons. The molecule has 0 spiro atoms. The molecule has 51 heavy (non-hydrogen) atoms. The molecular formula is C28H33N8NaO13S. The Morgan fingerprint density at radius 2 is 1.69 bits per heavy atom. The number of fused-ring (bicyclic) bond motifs is 1. The maximum atomic E-state index is 13.7.